The number of anilines is 1. The molecule has 0 spiro atoms. The van der Waals surface area contributed by atoms with Crippen LogP contribution < -0.4 is 10.6 Å². The van der Waals surface area contributed by atoms with Gasteiger partial charge >= 0.3 is 0 Å². The topological polar surface area (TPSA) is 41.1 Å². The van der Waals surface area contributed by atoms with E-state index in [1.807, 2.05) is 18.2 Å². The molecule has 0 heterocycles. The van der Waals surface area contributed by atoms with Crippen molar-refractivity contribution in [2.45, 2.75) is 50.6 Å². The Labute approximate surface area is 120 Å². The highest BCUT2D eigenvalue weighted by atomic mass is 16.1. The van der Waals surface area contributed by atoms with Crippen LogP contribution in [0.15, 0.2) is 24.3 Å². The molecular formula is C17H22N2O. The minimum atomic E-state index is 0.0732. The molecule has 3 fully saturated rings. The summed E-state index contributed by atoms with van der Waals surface area (Å²) in [4.78, 5) is 12.1. The van der Waals surface area contributed by atoms with E-state index in [4.69, 9.17) is 0 Å². The molecule has 106 valence electrons. The summed E-state index contributed by atoms with van der Waals surface area (Å²) in [6, 6.07) is 9.02. The fraction of sp³-hybridized carbons (Fsp3) is 0.588. The van der Waals surface area contributed by atoms with Gasteiger partial charge in [0.15, 0.2) is 0 Å². The minimum absolute atomic E-state index is 0.0732. The van der Waals surface area contributed by atoms with Crippen LogP contribution in [0.4, 0.5) is 5.69 Å². The third kappa shape index (κ3) is 2.41. The highest BCUT2D eigenvalue weighted by molar-refractivity contribution is 5.95. The molecule has 2 N–H and O–H groups in total. The Kier molecular flexibility index (Phi) is 2.94. The number of amides is 1. The van der Waals surface area contributed by atoms with Gasteiger partial charge in [-0.15, -0.1) is 0 Å². The molecule has 0 aromatic heterocycles. The summed E-state index contributed by atoms with van der Waals surface area (Å²) < 4.78 is 0. The SMILES string of the molecule is O=C(NC1CC1)c1cccc(NC2CC3CCC2C3)c1. The molecule has 4 rings (SSSR count). The zero-order valence-electron chi connectivity index (χ0n) is 11.8. The van der Waals surface area contributed by atoms with Gasteiger partial charge in [-0.3, -0.25) is 4.79 Å². The lowest BCUT2D eigenvalue weighted by molar-refractivity contribution is 0.0951. The number of hydrogen-bond acceptors (Lipinski definition) is 2. The molecule has 3 saturated carbocycles. The Morgan fingerprint density at radius 1 is 1.10 bits per heavy atom. The quantitative estimate of drug-likeness (QED) is 0.882. The van der Waals surface area contributed by atoms with Gasteiger partial charge in [0.05, 0.1) is 0 Å². The molecule has 1 aromatic carbocycles. The fourth-order valence-corrected chi connectivity index (χ4v) is 3.88. The van der Waals surface area contributed by atoms with Crippen LogP contribution in [0, 0.1) is 11.8 Å². The smallest absolute Gasteiger partial charge is 0.251 e. The fourth-order valence-electron chi connectivity index (χ4n) is 3.88. The van der Waals surface area contributed by atoms with Crippen LogP contribution >= 0.6 is 0 Å². The van der Waals surface area contributed by atoms with Gasteiger partial charge in [-0.25, -0.2) is 0 Å². The zero-order chi connectivity index (χ0) is 13.5. The molecule has 0 saturated heterocycles. The number of carbonyl (C=O) groups excluding carboxylic acids is 1. The molecule has 1 aromatic rings. The second kappa shape index (κ2) is 4.80. The molecule has 3 unspecified atom stereocenters. The van der Waals surface area contributed by atoms with Gasteiger partial charge in [-0.2, -0.15) is 0 Å². The molecule has 3 nitrogen and oxygen atoms in total. The van der Waals surface area contributed by atoms with Crippen molar-refractivity contribution < 1.29 is 4.79 Å². The average Bonchev–Trinajstić information content (AvgIpc) is 3.03. The molecule has 0 aliphatic heterocycles. The Hall–Kier alpha value is -1.51. The predicted octanol–water partition coefficient (Wildman–Crippen LogP) is 3.18. The predicted molar refractivity (Wildman–Crippen MR) is 79.8 cm³/mol. The maximum absolute atomic E-state index is 12.1. The third-order valence-electron chi connectivity index (χ3n) is 5.13. The van der Waals surface area contributed by atoms with Gasteiger partial charge < -0.3 is 10.6 Å². The van der Waals surface area contributed by atoms with Gasteiger partial charge in [-0.05, 0) is 62.1 Å². The van der Waals surface area contributed by atoms with Crippen molar-refractivity contribution in [1.29, 1.82) is 0 Å². The van der Waals surface area contributed by atoms with Gasteiger partial charge in [0, 0.05) is 23.3 Å². The van der Waals surface area contributed by atoms with Crippen molar-refractivity contribution in [3.8, 4) is 0 Å². The molecule has 3 atom stereocenters. The monoisotopic (exact) mass is 270 g/mol. The summed E-state index contributed by atoms with van der Waals surface area (Å²) in [6.07, 6.45) is 7.78. The Morgan fingerprint density at radius 2 is 2.00 bits per heavy atom. The number of fused-ring (bicyclic) bond motifs is 2. The number of hydrogen-bond donors (Lipinski definition) is 2. The minimum Gasteiger partial charge on any atom is -0.382 e. The van der Waals surface area contributed by atoms with E-state index in [1.165, 1.54) is 25.7 Å². The first kappa shape index (κ1) is 12.2. The number of carbonyl (C=O) groups is 1. The van der Waals surface area contributed by atoms with Crippen molar-refractivity contribution >= 4 is 11.6 Å². The second-order valence-electron chi connectivity index (χ2n) is 6.75. The van der Waals surface area contributed by atoms with Crippen molar-refractivity contribution in [1.82, 2.24) is 5.32 Å². The van der Waals surface area contributed by atoms with Crippen LogP contribution in [0.5, 0.6) is 0 Å². The molecule has 20 heavy (non-hydrogen) atoms. The van der Waals surface area contributed by atoms with E-state index < -0.39 is 0 Å². The van der Waals surface area contributed by atoms with E-state index in [-0.39, 0.29) is 5.91 Å². The van der Waals surface area contributed by atoms with E-state index in [9.17, 15) is 4.79 Å². The van der Waals surface area contributed by atoms with Crippen LogP contribution in [-0.4, -0.2) is 18.0 Å². The van der Waals surface area contributed by atoms with Crippen LogP contribution in [0.1, 0.15) is 48.9 Å². The van der Waals surface area contributed by atoms with Crippen LogP contribution in [0.2, 0.25) is 0 Å². The Balaban J connectivity index is 1.44. The molecular weight excluding hydrogens is 248 g/mol. The largest absolute Gasteiger partial charge is 0.382 e. The van der Waals surface area contributed by atoms with E-state index in [0.29, 0.717) is 12.1 Å². The third-order valence-corrected chi connectivity index (χ3v) is 5.13. The van der Waals surface area contributed by atoms with Crippen molar-refractivity contribution in [2.24, 2.45) is 11.8 Å². The molecule has 1 amide bonds. The summed E-state index contributed by atoms with van der Waals surface area (Å²) in [5, 5.41) is 6.71. The van der Waals surface area contributed by atoms with Gasteiger partial charge in [0.2, 0.25) is 0 Å². The number of benzene rings is 1. The first-order valence-corrected chi connectivity index (χ1v) is 7.95. The molecule has 3 aliphatic rings. The normalized spacial score (nSPS) is 31.3. The lowest BCUT2D eigenvalue weighted by Gasteiger charge is -2.24. The summed E-state index contributed by atoms with van der Waals surface area (Å²) in [7, 11) is 0. The van der Waals surface area contributed by atoms with Crippen molar-refractivity contribution in [3.63, 3.8) is 0 Å². The second-order valence-corrected chi connectivity index (χ2v) is 6.75. The van der Waals surface area contributed by atoms with E-state index >= 15 is 0 Å². The van der Waals surface area contributed by atoms with Crippen LogP contribution in [0.25, 0.3) is 0 Å². The summed E-state index contributed by atoms with van der Waals surface area (Å²) in [5.41, 5.74) is 1.89. The standard InChI is InChI=1S/C17H22N2O/c20-17(19-14-6-7-14)13-2-1-3-15(10-13)18-16-9-11-4-5-12(16)8-11/h1-3,10-12,14,16,18H,4-9H2,(H,19,20). The van der Waals surface area contributed by atoms with E-state index in [2.05, 4.69) is 16.7 Å². The van der Waals surface area contributed by atoms with Gasteiger partial charge in [0.1, 0.15) is 0 Å². The Morgan fingerprint density at radius 3 is 2.70 bits per heavy atom. The van der Waals surface area contributed by atoms with Gasteiger partial charge in [0.25, 0.3) is 5.91 Å². The molecule has 2 bridgehead atoms. The van der Waals surface area contributed by atoms with Crippen molar-refractivity contribution in [3.05, 3.63) is 29.8 Å². The summed E-state index contributed by atoms with van der Waals surface area (Å²) in [6.45, 7) is 0. The lowest BCUT2D eigenvalue weighted by atomic mass is 9.95. The number of nitrogens with one attached hydrogen (secondary N) is 2. The van der Waals surface area contributed by atoms with E-state index in [0.717, 1.165) is 35.9 Å². The first-order valence-electron chi connectivity index (χ1n) is 7.95. The molecule has 3 aliphatic carbocycles. The average molecular weight is 270 g/mol. The van der Waals surface area contributed by atoms with E-state index in [1.54, 1.807) is 0 Å². The van der Waals surface area contributed by atoms with Crippen molar-refractivity contribution in [2.75, 3.05) is 5.32 Å². The maximum Gasteiger partial charge on any atom is 0.251 e. The molecule has 3 heteroatoms. The Bertz CT molecular complexity index is 523. The zero-order valence-corrected chi connectivity index (χ0v) is 11.8. The summed E-state index contributed by atoms with van der Waals surface area (Å²) >= 11 is 0. The first-order chi connectivity index (χ1) is 9.78. The number of rotatable bonds is 4. The highest BCUT2D eigenvalue weighted by Crippen LogP contribution is 2.45. The summed E-state index contributed by atoms with van der Waals surface area (Å²) in [5.74, 6) is 1.87. The van der Waals surface area contributed by atoms with Gasteiger partial charge in [-0.1, -0.05) is 12.5 Å². The van der Waals surface area contributed by atoms with Crippen LogP contribution in [0.3, 0.4) is 0 Å². The lowest BCUT2D eigenvalue weighted by Crippen LogP contribution is -2.27. The maximum atomic E-state index is 12.1. The molecule has 0 radical (unpaired) electrons. The van der Waals surface area contributed by atoms with Crippen LogP contribution in [-0.2, 0) is 0 Å². The highest BCUT2D eigenvalue weighted by Gasteiger charge is 2.39.